The lowest BCUT2D eigenvalue weighted by molar-refractivity contribution is 0.262. The molecule has 0 aliphatic heterocycles. The molecule has 0 aromatic carbocycles. The number of hydrogen-bond acceptors (Lipinski definition) is 3. The van der Waals surface area contributed by atoms with Crippen LogP contribution < -0.4 is 5.73 Å². The van der Waals surface area contributed by atoms with Crippen molar-refractivity contribution in [2.45, 2.75) is 32.9 Å². The Labute approximate surface area is 104 Å². The van der Waals surface area contributed by atoms with Gasteiger partial charge in [0.1, 0.15) is 0 Å². The Morgan fingerprint density at radius 1 is 1.44 bits per heavy atom. The fourth-order valence-electron chi connectivity index (χ4n) is 1.70. The smallest absolute Gasteiger partial charge is 0.0315 e. The van der Waals surface area contributed by atoms with Crippen molar-refractivity contribution in [2.24, 2.45) is 5.73 Å². The molecule has 1 aromatic heterocycles. The lowest BCUT2D eigenvalue weighted by Gasteiger charge is -2.26. The van der Waals surface area contributed by atoms with Crippen LogP contribution in [0.1, 0.15) is 25.0 Å². The van der Waals surface area contributed by atoms with E-state index < -0.39 is 0 Å². The van der Waals surface area contributed by atoms with Gasteiger partial charge >= 0.3 is 0 Å². The van der Waals surface area contributed by atoms with Crippen LogP contribution in [0.3, 0.4) is 0 Å². The Morgan fingerprint density at radius 2 is 2.06 bits per heavy atom. The quantitative estimate of drug-likeness (QED) is 0.880. The zero-order valence-corrected chi connectivity index (χ0v) is 11.3. The minimum Gasteiger partial charge on any atom is -0.324 e. The molecule has 1 aromatic rings. The second kappa shape index (κ2) is 6.18. The van der Waals surface area contributed by atoms with Crippen molar-refractivity contribution in [3.63, 3.8) is 0 Å². The molecule has 1 heterocycles. The van der Waals surface area contributed by atoms with E-state index in [1.54, 1.807) is 0 Å². The van der Waals surface area contributed by atoms with Crippen LogP contribution >= 0.6 is 12.4 Å². The van der Waals surface area contributed by atoms with Gasteiger partial charge in [0.2, 0.25) is 0 Å². The van der Waals surface area contributed by atoms with Gasteiger partial charge in [-0.3, -0.25) is 4.98 Å². The number of likely N-dealkylation sites (N-methyl/N-ethyl adjacent to an activating group) is 1. The van der Waals surface area contributed by atoms with Crippen molar-refractivity contribution in [1.29, 1.82) is 0 Å². The Morgan fingerprint density at radius 3 is 2.56 bits per heavy atom. The molecule has 1 rings (SSSR count). The van der Waals surface area contributed by atoms with E-state index in [4.69, 9.17) is 5.73 Å². The summed E-state index contributed by atoms with van der Waals surface area (Å²) in [6, 6.07) is 2.04. The highest BCUT2D eigenvalue weighted by molar-refractivity contribution is 5.85. The van der Waals surface area contributed by atoms with Gasteiger partial charge in [0.15, 0.2) is 0 Å². The van der Waals surface area contributed by atoms with E-state index in [0.29, 0.717) is 0 Å². The van der Waals surface area contributed by atoms with Gasteiger partial charge in [0.25, 0.3) is 0 Å². The first-order chi connectivity index (χ1) is 6.88. The molecule has 0 amide bonds. The van der Waals surface area contributed by atoms with Crippen molar-refractivity contribution < 1.29 is 0 Å². The van der Waals surface area contributed by atoms with Crippen LogP contribution in [0, 0.1) is 6.92 Å². The summed E-state index contributed by atoms with van der Waals surface area (Å²) in [6.07, 6.45) is 3.75. The molecule has 0 radical (unpaired) electrons. The number of nitrogens with zero attached hydrogens (tertiary/aromatic N) is 2. The molecular formula is C12H22ClN3. The average molecular weight is 244 g/mol. The molecule has 0 spiro atoms. The first-order valence-corrected chi connectivity index (χ1v) is 5.25. The third kappa shape index (κ3) is 5.45. The van der Waals surface area contributed by atoms with E-state index in [9.17, 15) is 0 Å². The number of rotatable bonds is 4. The van der Waals surface area contributed by atoms with Crippen LogP contribution in [-0.2, 0) is 6.54 Å². The standard InChI is InChI=1S/C12H21N3.ClH/c1-10-5-6-14-7-11(10)8-15(4)9-12(2,3)13;/h5-7H,8-9,13H2,1-4H3;1H. The highest BCUT2D eigenvalue weighted by Gasteiger charge is 2.14. The van der Waals surface area contributed by atoms with Gasteiger partial charge in [-0.25, -0.2) is 0 Å². The molecule has 0 aliphatic rings. The van der Waals surface area contributed by atoms with E-state index in [2.05, 4.69) is 23.9 Å². The first kappa shape index (κ1) is 15.4. The normalized spacial score (nSPS) is 11.4. The fourth-order valence-corrected chi connectivity index (χ4v) is 1.70. The maximum atomic E-state index is 5.97. The minimum absolute atomic E-state index is 0. The summed E-state index contributed by atoms with van der Waals surface area (Å²) in [5.41, 5.74) is 8.37. The molecule has 0 aliphatic carbocycles. The maximum absolute atomic E-state index is 5.97. The Balaban J connectivity index is 0.00000225. The zero-order chi connectivity index (χ0) is 11.5. The molecular weight excluding hydrogens is 222 g/mol. The molecule has 4 heteroatoms. The first-order valence-electron chi connectivity index (χ1n) is 5.25. The van der Waals surface area contributed by atoms with Crippen LogP contribution in [0.4, 0.5) is 0 Å². The van der Waals surface area contributed by atoms with Crippen LogP contribution in [-0.4, -0.2) is 29.0 Å². The van der Waals surface area contributed by atoms with E-state index in [-0.39, 0.29) is 17.9 Å². The fraction of sp³-hybridized carbons (Fsp3) is 0.583. The second-order valence-corrected chi connectivity index (χ2v) is 4.96. The minimum atomic E-state index is -0.148. The number of hydrogen-bond donors (Lipinski definition) is 1. The topological polar surface area (TPSA) is 42.2 Å². The predicted octanol–water partition coefficient (Wildman–Crippen LogP) is 1.98. The average Bonchev–Trinajstić information content (AvgIpc) is 2.05. The molecule has 0 atom stereocenters. The Bertz CT molecular complexity index is 320. The summed E-state index contributed by atoms with van der Waals surface area (Å²) in [5.74, 6) is 0. The van der Waals surface area contributed by atoms with Crippen molar-refractivity contribution in [1.82, 2.24) is 9.88 Å². The molecule has 0 saturated carbocycles. The van der Waals surface area contributed by atoms with E-state index in [1.165, 1.54) is 11.1 Å². The van der Waals surface area contributed by atoms with Crippen molar-refractivity contribution in [2.75, 3.05) is 13.6 Å². The van der Waals surface area contributed by atoms with Crippen LogP contribution in [0.15, 0.2) is 18.5 Å². The Kier molecular flexibility index (Phi) is 5.94. The summed E-state index contributed by atoms with van der Waals surface area (Å²) >= 11 is 0. The van der Waals surface area contributed by atoms with E-state index in [1.807, 2.05) is 32.3 Å². The summed E-state index contributed by atoms with van der Waals surface area (Å²) in [6.45, 7) is 7.97. The predicted molar refractivity (Wildman–Crippen MR) is 70.8 cm³/mol. The molecule has 2 N–H and O–H groups in total. The van der Waals surface area contributed by atoms with E-state index >= 15 is 0 Å². The number of pyridine rings is 1. The zero-order valence-electron chi connectivity index (χ0n) is 10.5. The van der Waals surface area contributed by atoms with Gasteiger partial charge in [-0.1, -0.05) is 0 Å². The van der Waals surface area contributed by atoms with Crippen LogP contribution in [0.25, 0.3) is 0 Å². The number of aromatic nitrogens is 1. The summed E-state index contributed by atoms with van der Waals surface area (Å²) in [5, 5.41) is 0. The highest BCUT2D eigenvalue weighted by Crippen LogP contribution is 2.09. The van der Waals surface area contributed by atoms with Gasteiger partial charge in [-0.15, -0.1) is 12.4 Å². The molecule has 0 saturated heterocycles. The highest BCUT2D eigenvalue weighted by atomic mass is 35.5. The molecule has 0 fully saturated rings. The van der Waals surface area contributed by atoms with E-state index in [0.717, 1.165) is 13.1 Å². The summed E-state index contributed by atoms with van der Waals surface area (Å²) < 4.78 is 0. The number of halogens is 1. The van der Waals surface area contributed by atoms with Crippen molar-refractivity contribution in [3.05, 3.63) is 29.6 Å². The van der Waals surface area contributed by atoms with Crippen molar-refractivity contribution in [3.8, 4) is 0 Å². The van der Waals surface area contributed by atoms with Gasteiger partial charge in [-0.2, -0.15) is 0 Å². The lowest BCUT2D eigenvalue weighted by Crippen LogP contribution is -2.43. The molecule has 92 valence electrons. The lowest BCUT2D eigenvalue weighted by atomic mass is 10.1. The molecule has 0 bridgehead atoms. The molecule has 3 nitrogen and oxygen atoms in total. The number of nitrogens with two attached hydrogens (primary N) is 1. The maximum Gasteiger partial charge on any atom is 0.0315 e. The molecule has 0 unspecified atom stereocenters. The summed E-state index contributed by atoms with van der Waals surface area (Å²) in [7, 11) is 2.08. The molecule has 16 heavy (non-hydrogen) atoms. The van der Waals surface area contributed by atoms with Crippen LogP contribution in [0.2, 0.25) is 0 Å². The van der Waals surface area contributed by atoms with Crippen LogP contribution in [0.5, 0.6) is 0 Å². The third-order valence-electron chi connectivity index (χ3n) is 2.27. The van der Waals surface area contributed by atoms with Gasteiger partial charge in [0.05, 0.1) is 0 Å². The number of aryl methyl sites for hydroxylation is 1. The van der Waals surface area contributed by atoms with Gasteiger partial charge in [0, 0.05) is 31.0 Å². The van der Waals surface area contributed by atoms with Gasteiger partial charge < -0.3 is 10.6 Å². The van der Waals surface area contributed by atoms with Gasteiger partial charge in [-0.05, 0) is 45.0 Å². The monoisotopic (exact) mass is 243 g/mol. The summed E-state index contributed by atoms with van der Waals surface area (Å²) in [4.78, 5) is 6.36. The SMILES string of the molecule is Cc1ccncc1CN(C)CC(C)(C)N.Cl. The van der Waals surface area contributed by atoms with Crippen molar-refractivity contribution >= 4 is 12.4 Å². The second-order valence-electron chi connectivity index (χ2n) is 4.96. The Hall–Kier alpha value is -0.640. The largest absolute Gasteiger partial charge is 0.324 e. The third-order valence-corrected chi connectivity index (χ3v) is 2.27.